The molecule has 84 valence electrons. The second-order valence-electron chi connectivity index (χ2n) is 4.21. The molecule has 2 heteroatoms. The number of aromatic hydroxyl groups is 1. The van der Waals surface area contributed by atoms with Crippen LogP contribution in [0.1, 0.15) is 5.56 Å². The maximum Gasteiger partial charge on any atom is 0.116 e. The van der Waals surface area contributed by atoms with Gasteiger partial charge in [0.2, 0.25) is 0 Å². The minimum absolute atomic E-state index is 0.331. The fraction of sp³-hybridized carbons (Fsp3) is 0.0667. The zero-order chi connectivity index (χ0) is 11.8. The van der Waals surface area contributed by atoms with Gasteiger partial charge in [-0.2, -0.15) is 0 Å². The van der Waals surface area contributed by atoms with E-state index in [2.05, 4.69) is 30.3 Å². The second kappa shape index (κ2) is 3.90. The maximum absolute atomic E-state index is 9.63. The van der Waals surface area contributed by atoms with E-state index in [1.807, 2.05) is 19.1 Å². The molecule has 0 aliphatic carbocycles. The van der Waals surface area contributed by atoms with Gasteiger partial charge in [0, 0.05) is 9.58 Å². The number of thiophene rings is 1. The molecule has 1 N–H and O–H groups in total. The topological polar surface area (TPSA) is 20.2 Å². The molecule has 1 aromatic heterocycles. The number of phenolic OH excluding ortho intramolecular Hbond substituents is 1. The van der Waals surface area contributed by atoms with Gasteiger partial charge < -0.3 is 5.11 Å². The molecular weight excluding hydrogens is 228 g/mol. The van der Waals surface area contributed by atoms with Crippen LogP contribution in [-0.2, 0) is 0 Å². The Morgan fingerprint density at radius 3 is 2.59 bits per heavy atom. The van der Waals surface area contributed by atoms with Gasteiger partial charge in [-0.1, -0.05) is 24.3 Å². The third-order valence-electron chi connectivity index (χ3n) is 2.77. The van der Waals surface area contributed by atoms with Crippen LogP contribution in [0.4, 0.5) is 0 Å². The molecule has 0 aliphatic heterocycles. The molecular formula is C15H12OS. The molecule has 1 nitrogen and oxygen atoms in total. The summed E-state index contributed by atoms with van der Waals surface area (Å²) >= 11 is 1.76. The number of benzene rings is 2. The average molecular weight is 240 g/mol. The van der Waals surface area contributed by atoms with Crippen LogP contribution in [0.15, 0.2) is 48.5 Å². The van der Waals surface area contributed by atoms with Crippen LogP contribution in [0.3, 0.4) is 0 Å². The minimum atomic E-state index is 0.331. The lowest BCUT2D eigenvalue weighted by Gasteiger charge is -2.00. The first-order valence-electron chi connectivity index (χ1n) is 5.52. The number of rotatable bonds is 1. The standard InChI is InChI=1S/C15H12OS/c1-10-6-12(8-13(16)7-10)15-9-11-4-2-3-5-14(11)17-15/h2-9,16H,1H3. The third kappa shape index (κ3) is 1.92. The van der Waals surface area contributed by atoms with Gasteiger partial charge in [-0.25, -0.2) is 0 Å². The van der Waals surface area contributed by atoms with Crippen LogP contribution in [0.2, 0.25) is 0 Å². The first kappa shape index (κ1) is 10.4. The van der Waals surface area contributed by atoms with Crippen LogP contribution in [0.5, 0.6) is 5.75 Å². The molecule has 3 aromatic rings. The van der Waals surface area contributed by atoms with Gasteiger partial charge in [0.1, 0.15) is 5.75 Å². The summed E-state index contributed by atoms with van der Waals surface area (Å²) < 4.78 is 1.28. The largest absolute Gasteiger partial charge is 0.508 e. The molecule has 0 aliphatic rings. The summed E-state index contributed by atoms with van der Waals surface area (Å²) in [6, 6.07) is 16.2. The Morgan fingerprint density at radius 1 is 1.00 bits per heavy atom. The van der Waals surface area contributed by atoms with Crippen molar-refractivity contribution in [2.24, 2.45) is 0 Å². The lowest BCUT2D eigenvalue weighted by Crippen LogP contribution is -1.76. The van der Waals surface area contributed by atoms with Gasteiger partial charge >= 0.3 is 0 Å². The molecule has 2 aromatic carbocycles. The van der Waals surface area contributed by atoms with Gasteiger partial charge in [-0.15, -0.1) is 11.3 Å². The quantitative estimate of drug-likeness (QED) is 0.660. The molecule has 0 spiro atoms. The lowest BCUT2D eigenvalue weighted by atomic mass is 10.1. The fourth-order valence-electron chi connectivity index (χ4n) is 2.03. The summed E-state index contributed by atoms with van der Waals surface area (Å²) in [6.07, 6.45) is 0. The van der Waals surface area contributed by atoms with Crippen molar-refractivity contribution in [1.82, 2.24) is 0 Å². The molecule has 3 rings (SSSR count). The van der Waals surface area contributed by atoms with Gasteiger partial charge in [0.05, 0.1) is 0 Å². The third-order valence-corrected chi connectivity index (χ3v) is 3.94. The van der Waals surface area contributed by atoms with Crippen LogP contribution >= 0.6 is 11.3 Å². The van der Waals surface area contributed by atoms with Crippen LogP contribution < -0.4 is 0 Å². The molecule has 0 bridgehead atoms. The summed E-state index contributed by atoms with van der Waals surface area (Å²) in [4.78, 5) is 1.20. The van der Waals surface area contributed by atoms with E-state index in [1.165, 1.54) is 15.0 Å². The van der Waals surface area contributed by atoms with E-state index >= 15 is 0 Å². The molecule has 0 saturated carbocycles. The number of hydrogen-bond acceptors (Lipinski definition) is 2. The molecule has 0 fully saturated rings. The Bertz CT molecular complexity index is 629. The van der Waals surface area contributed by atoms with Crippen molar-refractivity contribution < 1.29 is 5.11 Å². The minimum Gasteiger partial charge on any atom is -0.508 e. The van der Waals surface area contributed by atoms with E-state index < -0.39 is 0 Å². The summed E-state index contributed by atoms with van der Waals surface area (Å²) in [6.45, 7) is 2.00. The molecule has 0 radical (unpaired) electrons. The lowest BCUT2D eigenvalue weighted by molar-refractivity contribution is 0.475. The Hall–Kier alpha value is -1.80. The van der Waals surface area contributed by atoms with E-state index in [0.717, 1.165) is 11.1 Å². The van der Waals surface area contributed by atoms with Crippen molar-refractivity contribution in [2.45, 2.75) is 6.92 Å². The zero-order valence-electron chi connectivity index (χ0n) is 9.47. The van der Waals surface area contributed by atoms with Crippen molar-refractivity contribution in [3.05, 3.63) is 54.1 Å². The van der Waals surface area contributed by atoms with Crippen molar-refractivity contribution in [3.63, 3.8) is 0 Å². The molecule has 17 heavy (non-hydrogen) atoms. The smallest absolute Gasteiger partial charge is 0.116 e. The highest BCUT2D eigenvalue weighted by atomic mass is 32.1. The van der Waals surface area contributed by atoms with E-state index in [9.17, 15) is 5.11 Å². The summed E-state index contributed by atoms with van der Waals surface area (Å²) in [7, 11) is 0. The molecule has 1 heterocycles. The maximum atomic E-state index is 9.63. The normalized spacial score (nSPS) is 10.9. The van der Waals surface area contributed by atoms with E-state index in [1.54, 1.807) is 17.4 Å². The summed E-state index contributed by atoms with van der Waals surface area (Å²) in [5.74, 6) is 0.331. The van der Waals surface area contributed by atoms with E-state index in [-0.39, 0.29) is 0 Å². The first-order chi connectivity index (χ1) is 8.22. The molecule has 0 unspecified atom stereocenters. The van der Waals surface area contributed by atoms with Crippen LogP contribution in [0.25, 0.3) is 20.5 Å². The Morgan fingerprint density at radius 2 is 1.82 bits per heavy atom. The predicted octanol–water partition coefficient (Wildman–Crippen LogP) is 4.58. The van der Waals surface area contributed by atoms with Gasteiger partial charge in [0.25, 0.3) is 0 Å². The summed E-state index contributed by atoms with van der Waals surface area (Å²) in [5.41, 5.74) is 2.17. The van der Waals surface area contributed by atoms with Gasteiger partial charge in [0.15, 0.2) is 0 Å². The van der Waals surface area contributed by atoms with Gasteiger partial charge in [-0.05, 0) is 47.7 Å². The van der Waals surface area contributed by atoms with Crippen molar-refractivity contribution >= 4 is 21.4 Å². The molecule has 0 amide bonds. The summed E-state index contributed by atoms with van der Waals surface area (Å²) in [5, 5.41) is 10.9. The van der Waals surface area contributed by atoms with Gasteiger partial charge in [-0.3, -0.25) is 0 Å². The van der Waals surface area contributed by atoms with Crippen molar-refractivity contribution in [2.75, 3.05) is 0 Å². The predicted molar refractivity (Wildman–Crippen MR) is 73.7 cm³/mol. The average Bonchev–Trinajstić information content (AvgIpc) is 2.71. The molecule has 0 atom stereocenters. The Balaban J connectivity index is 2.20. The van der Waals surface area contributed by atoms with Crippen molar-refractivity contribution in [3.8, 4) is 16.2 Å². The highest BCUT2D eigenvalue weighted by molar-refractivity contribution is 7.22. The van der Waals surface area contributed by atoms with E-state index in [0.29, 0.717) is 5.75 Å². The Kier molecular flexibility index (Phi) is 2.37. The first-order valence-corrected chi connectivity index (χ1v) is 6.34. The van der Waals surface area contributed by atoms with Crippen LogP contribution in [-0.4, -0.2) is 5.11 Å². The van der Waals surface area contributed by atoms with Crippen LogP contribution in [0, 0.1) is 6.92 Å². The Labute approximate surface area is 104 Å². The number of hydrogen-bond donors (Lipinski definition) is 1. The molecule has 0 saturated heterocycles. The zero-order valence-corrected chi connectivity index (χ0v) is 10.3. The fourth-order valence-corrected chi connectivity index (χ4v) is 3.08. The SMILES string of the molecule is Cc1cc(O)cc(-c2cc3ccccc3s2)c1. The van der Waals surface area contributed by atoms with E-state index in [4.69, 9.17) is 0 Å². The highest BCUT2D eigenvalue weighted by Gasteiger charge is 2.05. The monoisotopic (exact) mass is 240 g/mol. The number of fused-ring (bicyclic) bond motifs is 1. The highest BCUT2D eigenvalue weighted by Crippen LogP contribution is 2.35. The number of aryl methyl sites for hydroxylation is 1. The van der Waals surface area contributed by atoms with Crippen molar-refractivity contribution in [1.29, 1.82) is 0 Å². The second-order valence-corrected chi connectivity index (χ2v) is 5.29. The number of phenols is 1.